The van der Waals surface area contributed by atoms with Crippen molar-refractivity contribution in [2.75, 3.05) is 5.75 Å². The van der Waals surface area contributed by atoms with Crippen LogP contribution in [0.2, 0.25) is 0 Å². The summed E-state index contributed by atoms with van der Waals surface area (Å²) in [5.41, 5.74) is 5.33. The van der Waals surface area contributed by atoms with Crippen LogP contribution in [-0.4, -0.2) is 27.9 Å². The first-order chi connectivity index (χ1) is 7.78. The van der Waals surface area contributed by atoms with Crippen LogP contribution < -0.4 is 11.1 Å². The zero-order chi connectivity index (χ0) is 11.4. The maximum atomic E-state index is 11.3. The topological polar surface area (TPSA) is 94.0 Å². The lowest BCUT2D eigenvalue weighted by Gasteiger charge is -2.00. The van der Waals surface area contributed by atoms with Gasteiger partial charge in [-0.05, 0) is 12.8 Å². The van der Waals surface area contributed by atoms with E-state index in [0.717, 1.165) is 12.8 Å². The van der Waals surface area contributed by atoms with E-state index in [1.165, 1.54) is 11.8 Å². The Morgan fingerprint density at radius 2 is 2.38 bits per heavy atom. The van der Waals surface area contributed by atoms with E-state index >= 15 is 0 Å². The normalized spacial score (nSPS) is 15.1. The lowest BCUT2D eigenvalue weighted by Crippen LogP contribution is -2.25. The van der Waals surface area contributed by atoms with Crippen LogP contribution in [0.25, 0.3) is 0 Å². The van der Waals surface area contributed by atoms with Gasteiger partial charge >= 0.3 is 0 Å². The molecule has 0 spiro atoms. The highest BCUT2D eigenvalue weighted by molar-refractivity contribution is 7.99. The van der Waals surface area contributed by atoms with Crippen molar-refractivity contribution in [2.45, 2.75) is 37.1 Å². The van der Waals surface area contributed by atoms with Crippen LogP contribution in [0.15, 0.2) is 9.64 Å². The third-order valence-corrected chi connectivity index (χ3v) is 2.94. The fourth-order valence-electron chi connectivity index (χ4n) is 1.14. The molecule has 2 rings (SSSR count). The second-order valence-electron chi connectivity index (χ2n) is 3.61. The third-order valence-electron chi connectivity index (χ3n) is 2.12. The molecule has 1 aliphatic carbocycles. The van der Waals surface area contributed by atoms with Gasteiger partial charge in [0.15, 0.2) is 0 Å². The van der Waals surface area contributed by atoms with Crippen LogP contribution in [0, 0.1) is 0 Å². The molecule has 0 aromatic carbocycles. The van der Waals surface area contributed by atoms with Crippen molar-refractivity contribution in [1.29, 1.82) is 0 Å². The highest BCUT2D eigenvalue weighted by Gasteiger charge is 2.22. The monoisotopic (exact) mass is 242 g/mol. The predicted octanol–water partition coefficient (Wildman–Crippen LogP) is 0.289. The van der Waals surface area contributed by atoms with Gasteiger partial charge < -0.3 is 15.5 Å². The first-order valence-corrected chi connectivity index (χ1v) is 6.21. The van der Waals surface area contributed by atoms with E-state index in [1.54, 1.807) is 0 Å². The summed E-state index contributed by atoms with van der Waals surface area (Å²) < 4.78 is 5.19. The van der Waals surface area contributed by atoms with Crippen LogP contribution in [-0.2, 0) is 11.3 Å². The predicted molar refractivity (Wildman–Crippen MR) is 58.7 cm³/mol. The molecule has 0 radical (unpaired) electrons. The minimum atomic E-state index is 0.0913. The molecule has 16 heavy (non-hydrogen) atoms. The Bertz CT molecular complexity index is 364. The Labute approximate surface area is 97.4 Å². The van der Waals surface area contributed by atoms with Crippen LogP contribution in [0.3, 0.4) is 0 Å². The number of carbonyl (C=O) groups is 1. The van der Waals surface area contributed by atoms with E-state index in [0.29, 0.717) is 29.3 Å². The van der Waals surface area contributed by atoms with Crippen LogP contribution in [0.4, 0.5) is 0 Å². The van der Waals surface area contributed by atoms with E-state index in [9.17, 15) is 4.79 Å². The molecule has 1 fully saturated rings. The molecule has 6 nitrogen and oxygen atoms in total. The minimum absolute atomic E-state index is 0.0913. The molecular weight excluding hydrogens is 228 g/mol. The van der Waals surface area contributed by atoms with Crippen molar-refractivity contribution in [3.05, 3.63) is 5.89 Å². The molecule has 0 saturated heterocycles. The Hall–Kier alpha value is -1.08. The summed E-state index contributed by atoms with van der Waals surface area (Å²) in [6, 6.07) is 0.421. The molecule has 1 aromatic rings. The van der Waals surface area contributed by atoms with Gasteiger partial charge in [0.2, 0.25) is 11.8 Å². The molecule has 7 heteroatoms. The van der Waals surface area contributed by atoms with Gasteiger partial charge in [-0.1, -0.05) is 11.8 Å². The molecule has 1 aliphatic rings. The van der Waals surface area contributed by atoms with E-state index in [2.05, 4.69) is 15.5 Å². The van der Waals surface area contributed by atoms with Crippen molar-refractivity contribution in [3.8, 4) is 0 Å². The maximum absolute atomic E-state index is 11.3. The second kappa shape index (κ2) is 5.31. The molecule has 3 N–H and O–H groups in total. The molecule has 0 unspecified atom stereocenters. The zero-order valence-electron chi connectivity index (χ0n) is 8.81. The first-order valence-electron chi connectivity index (χ1n) is 5.22. The van der Waals surface area contributed by atoms with E-state index in [4.69, 9.17) is 10.2 Å². The molecule has 0 atom stereocenters. The number of nitrogens with two attached hydrogens (primary N) is 1. The number of carbonyl (C=O) groups excluding carboxylic acids is 1. The quantitative estimate of drug-likeness (QED) is 0.696. The molecule has 0 bridgehead atoms. The average molecular weight is 242 g/mol. The number of rotatable bonds is 6. The molecule has 1 amide bonds. The molecule has 1 heterocycles. The van der Waals surface area contributed by atoms with Crippen LogP contribution in [0.5, 0.6) is 0 Å². The van der Waals surface area contributed by atoms with Gasteiger partial charge in [-0.25, -0.2) is 0 Å². The number of hydrogen-bond donors (Lipinski definition) is 2. The highest BCUT2D eigenvalue weighted by atomic mass is 32.2. The molecule has 88 valence electrons. The van der Waals surface area contributed by atoms with Crippen LogP contribution in [0.1, 0.15) is 25.2 Å². The van der Waals surface area contributed by atoms with Gasteiger partial charge in [-0.3, -0.25) is 4.79 Å². The highest BCUT2D eigenvalue weighted by Crippen LogP contribution is 2.20. The number of hydrogen-bond acceptors (Lipinski definition) is 6. The smallest absolute Gasteiger partial charge is 0.276 e. The Kier molecular flexibility index (Phi) is 3.79. The summed E-state index contributed by atoms with van der Waals surface area (Å²) in [6.07, 6.45) is 2.70. The molecule has 0 aliphatic heterocycles. The Balaban J connectivity index is 1.64. The number of nitrogens with zero attached hydrogens (tertiary/aromatic N) is 2. The fourth-order valence-corrected chi connectivity index (χ4v) is 1.85. The fraction of sp³-hybridized carbons (Fsp3) is 0.667. The summed E-state index contributed by atoms with van der Waals surface area (Å²) in [7, 11) is 0. The second-order valence-corrected chi connectivity index (χ2v) is 4.65. The number of amides is 1. The summed E-state index contributed by atoms with van der Waals surface area (Å²) in [6.45, 7) is 0.246. The standard InChI is InChI=1S/C9H14N4O2S/c10-5-8-12-13-9(15-8)16-4-3-7(14)11-6-1-2-6/h6H,1-5,10H2,(H,11,14). The zero-order valence-corrected chi connectivity index (χ0v) is 9.63. The largest absolute Gasteiger partial charge is 0.415 e. The summed E-state index contributed by atoms with van der Waals surface area (Å²) >= 11 is 1.38. The lowest BCUT2D eigenvalue weighted by molar-refractivity contribution is -0.120. The number of thioether (sulfide) groups is 1. The summed E-state index contributed by atoms with van der Waals surface area (Å²) in [5.74, 6) is 1.16. The van der Waals surface area contributed by atoms with Crippen LogP contribution >= 0.6 is 11.8 Å². The van der Waals surface area contributed by atoms with Crippen molar-refractivity contribution < 1.29 is 9.21 Å². The molecular formula is C9H14N4O2S. The Morgan fingerprint density at radius 3 is 3.00 bits per heavy atom. The first kappa shape index (κ1) is 11.4. The average Bonchev–Trinajstić information content (AvgIpc) is 2.96. The maximum Gasteiger partial charge on any atom is 0.276 e. The van der Waals surface area contributed by atoms with Crippen molar-refractivity contribution in [3.63, 3.8) is 0 Å². The van der Waals surface area contributed by atoms with E-state index in [1.807, 2.05) is 0 Å². The van der Waals surface area contributed by atoms with Crippen molar-refractivity contribution in [2.24, 2.45) is 5.73 Å². The van der Waals surface area contributed by atoms with Crippen molar-refractivity contribution >= 4 is 17.7 Å². The van der Waals surface area contributed by atoms with Gasteiger partial charge in [0, 0.05) is 18.2 Å². The van der Waals surface area contributed by atoms with Gasteiger partial charge in [0.05, 0.1) is 6.54 Å². The molecule has 1 saturated carbocycles. The van der Waals surface area contributed by atoms with Gasteiger partial charge in [-0.15, -0.1) is 10.2 Å². The van der Waals surface area contributed by atoms with E-state index < -0.39 is 0 Å². The number of aromatic nitrogens is 2. The van der Waals surface area contributed by atoms with Gasteiger partial charge in [0.25, 0.3) is 5.22 Å². The van der Waals surface area contributed by atoms with Crippen molar-refractivity contribution in [1.82, 2.24) is 15.5 Å². The molecule has 1 aromatic heterocycles. The minimum Gasteiger partial charge on any atom is -0.415 e. The van der Waals surface area contributed by atoms with Gasteiger partial charge in [0.1, 0.15) is 0 Å². The van der Waals surface area contributed by atoms with Gasteiger partial charge in [-0.2, -0.15) is 0 Å². The van der Waals surface area contributed by atoms with E-state index in [-0.39, 0.29) is 12.5 Å². The number of nitrogens with one attached hydrogen (secondary N) is 1. The Morgan fingerprint density at radius 1 is 1.56 bits per heavy atom. The summed E-state index contributed by atoms with van der Waals surface area (Å²) in [4.78, 5) is 11.3. The summed E-state index contributed by atoms with van der Waals surface area (Å²) in [5, 5.41) is 10.9. The third kappa shape index (κ3) is 3.49. The lowest BCUT2D eigenvalue weighted by atomic mass is 10.4. The SMILES string of the molecule is NCc1nnc(SCCC(=O)NC2CC2)o1.